The van der Waals surface area contributed by atoms with Crippen LogP contribution in [0.2, 0.25) is 0 Å². The number of ether oxygens (including phenoxy) is 1. The molecule has 0 aromatic rings. The SMILES string of the molecule is COC1(CC(=O)NCC#N)CCC1. The summed E-state index contributed by atoms with van der Waals surface area (Å²) in [4.78, 5) is 11.2. The van der Waals surface area contributed by atoms with Gasteiger partial charge in [-0.2, -0.15) is 5.26 Å². The smallest absolute Gasteiger partial charge is 0.223 e. The molecule has 1 saturated carbocycles. The summed E-state index contributed by atoms with van der Waals surface area (Å²) in [5.41, 5.74) is -0.237. The molecule has 4 heteroatoms. The van der Waals surface area contributed by atoms with Crippen LogP contribution in [0.1, 0.15) is 25.7 Å². The van der Waals surface area contributed by atoms with Gasteiger partial charge in [-0.05, 0) is 19.3 Å². The maximum atomic E-state index is 11.2. The second kappa shape index (κ2) is 4.24. The maximum absolute atomic E-state index is 11.2. The highest BCUT2D eigenvalue weighted by Crippen LogP contribution is 2.37. The fourth-order valence-corrected chi connectivity index (χ4v) is 1.52. The summed E-state index contributed by atoms with van der Waals surface area (Å²) in [6, 6.07) is 1.87. The van der Waals surface area contributed by atoms with Crippen LogP contribution in [0.3, 0.4) is 0 Å². The van der Waals surface area contributed by atoms with Crippen LogP contribution in [0.5, 0.6) is 0 Å². The van der Waals surface area contributed by atoms with Gasteiger partial charge in [-0.1, -0.05) is 0 Å². The molecule has 1 aliphatic rings. The van der Waals surface area contributed by atoms with E-state index < -0.39 is 0 Å². The summed E-state index contributed by atoms with van der Waals surface area (Å²) in [6.07, 6.45) is 3.40. The van der Waals surface area contributed by atoms with Crippen molar-refractivity contribution in [2.75, 3.05) is 13.7 Å². The van der Waals surface area contributed by atoms with Gasteiger partial charge in [0.15, 0.2) is 0 Å². The van der Waals surface area contributed by atoms with Crippen LogP contribution in [0, 0.1) is 11.3 Å². The van der Waals surface area contributed by atoms with Crippen LogP contribution in [-0.2, 0) is 9.53 Å². The molecule has 1 fully saturated rings. The second-order valence-corrected chi connectivity index (χ2v) is 3.35. The number of nitrogens with one attached hydrogen (secondary N) is 1. The Balaban J connectivity index is 2.30. The first-order valence-electron chi connectivity index (χ1n) is 4.41. The molecule has 0 atom stereocenters. The van der Waals surface area contributed by atoms with E-state index in [1.165, 1.54) is 0 Å². The van der Waals surface area contributed by atoms with Crippen LogP contribution in [0.4, 0.5) is 0 Å². The molecule has 0 heterocycles. The molecule has 0 spiro atoms. The van der Waals surface area contributed by atoms with Crippen molar-refractivity contribution in [1.29, 1.82) is 5.26 Å². The summed E-state index contributed by atoms with van der Waals surface area (Å²) < 4.78 is 5.28. The topological polar surface area (TPSA) is 62.1 Å². The van der Waals surface area contributed by atoms with Gasteiger partial charge in [-0.25, -0.2) is 0 Å². The highest BCUT2D eigenvalue weighted by atomic mass is 16.5. The van der Waals surface area contributed by atoms with Crippen molar-refractivity contribution in [3.8, 4) is 6.07 Å². The van der Waals surface area contributed by atoms with Crippen LogP contribution in [0.25, 0.3) is 0 Å². The van der Waals surface area contributed by atoms with Gasteiger partial charge < -0.3 is 10.1 Å². The maximum Gasteiger partial charge on any atom is 0.223 e. The van der Waals surface area contributed by atoms with Gasteiger partial charge in [-0.15, -0.1) is 0 Å². The van der Waals surface area contributed by atoms with Gasteiger partial charge in [0, 0.05) is 7.11 Å². The van der Waals surface area contributed by atoms with E-state index in [9.17, 15) is 4.79 Å². The Hall–Kier alpha value is -1.08. The van der Waals surface area contributed by atoms with Crippen molar-refractivity contribution in [1.82, 2.24) is 5.32 Å². The number of nitriles is 1. The van der Waals surface area contributed by atoms with Crippen LogP contribution < -0.4 is 5.32 Å². The first-order valence-corrected chi connectivity index (χ1v) is 4.41. The van der Waals surface area contributed by atoms with E-state index in [1.807, 2.05) is 6.07 Å². The van der Waals surface area contributed by atoms with Gasteiger partial charge in [0.05, 0.1) is 18.1 Å². The fraction of sp³-hybridized carbons (Fsp3) is 0.778. The highest BCUT2D eigenvalue weighted by molar-refractivity contribution is 5.77. The van der Waals surface area contributed by atoms with E-state index in [4.69, 9.17) is 10.00 Å². The average molecular weight is 182 g/mol. The molecule has 1 aliphatic carbocycles. The molecule has 0 unspecified atom stereocenters. The molecule has 13 heavy (non-hydrogen) atoms. The van der Waals surface area contributed by atoms with Gasteiger partial charge in [0.1, 0.15) is 6.54 Å². The average Bonchev–Trinajstić information content (AvgIpc) is 2.08. The number of carbonyl (C=O) groups excluding carboxylic acids is 1. The van der Waals surface area contributed by atoms with E-state index in [0.29, 0.717) is 6.42 Å². The standard InChI is InChI=1S/C9H14N2O2/c1-13-9(3-2-4-9)7-8(12)11-6-5-10/h2-4,6-7H2,1H3,(H,11,12). The molecule has 0 aromatic heterocycles. The molecule has 72 valence electrons. The molecule has 0 aliphatic heterocycles. The van der Waals surface area contributed by atoms with Crippen molar-refractivity contribution >= 4 is 5.91 Å². The van der Waals surface area contributed by atoms with E-state index in [1.54, 1.807) is 7.11 Å². The van der Waals surface area contributed by atoms with Crippen LogP contribution in [0.15, 0.2) is 0 Å². The Labute approximate surface area is 77.9 Å². The third-order valence-electron chi connectivity index (χ3n) is 2.55. The molecule has 0 bridgehead atoms. The number of nitrogens with zero attached hydrogens (tertiary/aromatic N) is 1. The van der Waals surface area contributed by atoms with Gasteiger partial charge in [-0.3, -0.25) is 4.79 Å². The fourth-order valence-electron chi connectivity index (χ4n) is 1.52. The Morgan fingerprint density at radius 1 is 1.69 bits per heavy atom. The molecule has 1 rings (SSSR count). The Morgan fingerprint density at radius 2 is 2.38 bits per heavy atom. The zero-order valence-corrected chi connectivity index (χ0v) is 7.80. The number of hydrogen-bond acceptors (Lipinski definition) is 3. The highest BCUT2D eigenvalue weighted by Gasteiger charge is 2.38. The minimum absolute atomic E-state index is 0.0820. The van der Waals surface area contributed by atoms with E-state index in [0.717, 1.165) is 19.3 Å². The van der Waals surface area contributed by atoms with Gasteiger partial charge in [0.2, 0.25) is 5.91 Å². The number of hydrogen-bond donors (Lipinski definition) is 1. The lowest BCUT2D eigenvalue weighted by Crippen LogP contribution is -2.43. The normalized spacial score (nSPS) is 18.5. The van der Waals surface area contributed by atoms with Gasteiger partial charge in [0.25, 0.3) is 0 Å². The molecule has 0 aromatic carbocycles. The zero-order chi connectivity index (χ0) is 9.73. The lowest BCUT2D eigenvalue weighted by Gasteiger charge is -2.39. The van der Waals surface area contributed by atoms with Crippen LogP contribution in [-0.4, -0.2) is 25.2 Å². The van der Waals surface area contributed by atoms with Crippen molar-refractivity contribution in [2.45, 2.75) is 31.3 Å². The van der Waals surface area contributed by atoms with Crippen molar-refractivity contribution in [3.05, 3.63) is 0 Å². The molecule has 4 nitrogen and oxygen atoms in total. The summed E-state index contributed by atoms with van der Waals surface area (Å²) >= 11 is 0. The van der Waals surface area contributed by atoms with Crippen molar-refractivity contribution < 1.29 is 9.53 Å². The predicted octanol–water partition coefficient (Wildman–Crippen LogP) is 0.585. The predicted molar refractivity (Wildman–Crippen MR) is 46.8 cm³/mol. The lowest BCUT2D eigenvalue weighted by atomic mass is 9.77. The monoisotopic (exact) mass is 182 g/mol. The summed E-state index contributed by atoms with van der Waals surface area (Å²) in [5, 5.41) is 10.8. The molecule has 1 amide bonds. The zero-order valence-electron chi connectivity index (χ0n) is 7.80. The number of methoxy groups -OCH3 is 1. The van der Waals surface area contributed by atoms with E-state index in [2.05, 4.69) is 5.32 Å². The quantitative estimate of drug-likeness (QED) is 0.647. The first kappa shape index (κ1) is 10.0. The van der Waals surface area contributed by atoms with Gasteiger partial charge >= 0.3 is 0 Å². The lowest BCUT2D eigenvalue weighted by molar-refractivity contribution is -0.134. The third-order valence-corrected chi connectivity index (χ3v) is 2.55. The number of rotatable bonds is 4. The Bertz CT molecular complexity index is 223. The van der Waals surface area contributed by atoms with Crippen molar-refractivity contribution in [2.24, 2.45) is 0 Å². The van der Waals surface area contributed by atoms with Crippen LogP contribution >= 0.6 is 0 Å². The minimum Gasteiger partial charge on any atom is -0.378 e. The number of amides is 1. The minimum atomic E-state index is -0.237. The first-order chi connectivity index (χ1) is 6.22. The third kappa shape index (κ3) is 2.43. The molecular weight excluding hydrogens is 168 g/mol. The molecular formula is C9H14N2O2. The summed E-state index contributed by atoms with van der Waals surface area (Å²) in [7, 11) is 1.64. The molecule has 0 radical (unpaired) electrons. The molecule has 1 N–H and O–H groups in total. The Morgan fingerprint density at radius 3 is 2.77 bits per heavy atom. The molecule has 0 saturated heterocycles. The summed E-state index contributed by atoms with van der Waals surface area (Å²) in [6.45, 7) is 0.0820. The second-order valence-electron chi connectivity index (χ2n) is 3.35. The van der Waals surface area contributed by atoms with Crippen molar-refractivity contribution in [3.63, 3.8) is 0 Å². The number of carbonyl (C=O) groups is 1. The van der Waals surface area contributed by atoms with E-state index >= 15 is 0 Å². The largest absolute Gasteiger partial charge is 0.378 e. The Kier molecular flexibility index (Phi) is 3.26. The summed E-state index contributed by atoms with van der Waals surface area (Å²) in [5.74, 6) is -0.0944. The van der Waals surface area contributed by atoms with E-state index in [-0.39, 0.29) is 18.1 Å².